The third-order valence-corrected chi connectivity index (χ3v) is 2.77. The number of carbonyl (C=O) groups is 1. The van der Waals surface area contributed by atoms with Crippen LogP contribution in [0.15, 0.2) is 36.4 Å². The van der Waals surface area contributed by atoms with Crippen molar-refractivity contribution in [2.24, 2.45) is 0 Å². The van der Waals surface area contributed by atoms with E-state index < -0.39 is 16.7 Å². The summed E-state index contributed by atoms with van der Waals surface area (Å²) in [7, 11) is 0. The minimum absolute atomic E-state index is 0.0958. The van der Waals surface area contributed by atoms with Crippen LogP contribution in [0.4, 0.5) is 10.1 Å². The van der Waals surface area contributed by atoms with Gasteiger partial charge in [-0.2, -0.15) is 0 Å². The topological polar surface area (TPSA) is 89.7 Å². The lowest BCUT2D eigenvalue weighted by atomic mass is 10.2. The average molecular weight is 291 g/mol. The van der Waals surface area contributed by atoms with Crippen molar-refractivity contribution in [3.63, 3.8) is 0 Å². The minimum atomic E-state index is -1.24. The predicted molar refractivity (Wildman–Crippen MR) is 71.3 cm³/mol. The van der Waals surface area contributed by atoms with E-state index in [0.29, 0.717) is 5.56 Å². The van der Waals surface area contributed by atoms with E-state index in [-0.39, 0.29) is 22.7 Å². The van der Waals surface area contributed by atoms with Crippen LogP contribution in [-0.2, 0) is 0 Å². The first kappa shape index (κ1) is 14.4. The third kappa shape index (κ3) is 3.14. The Labute approximate surface area is 118 Å². The van der Waals surface area contributed by atoms with Crippen molar-refractivity contribution < 1.29 is 24.0 Å². The Morgan fingerprint density at radius 2 is 1.90 bits per heavy atom. The smallest absolute Gasteiger partial charge is 0.335 e. The Morgan fingerprint density at radius 1 is 1.24 bits per heavy atom. The van der Waals surface area contributed by atoms with E-state index in [0.717, 1.165) is 6.07 Å². The van der Waals surface area contributed by atoms with Gasteiger partial charge in [0.2, 0.25) is 0 Å². The van der Waals surface area contributed by atoms with Gasteiger partial charge in [0.25, 0.3) is 5.69 Å². The fourth-order valence-corrected chi connectivity index (χ4v) is 1.70. The largest absolute Gasteiger partial charge is 0.478 e. The van der Waals surface area contributed by atoms with Crippen molar-refractivity contribution in [1.29, 1.82) is 0 Å². The van der Waals surface area contributed by atoms with E-state index in [4.69, 9.17) is 9.84 Å². The van der Waals surface area contributed by atoms with Crippen molar-refractivity contribution in [3.05, 3.63) is 63.5 Å². The molecule has 21 heavy (non-hydrogen) atoms. The number of non-ortho nitro benzene ring substituents is 1. The van der Waals surface area contributed by atoms with Gasteiger partial charge in [0.1, 0.15) is 5.75 Å². The first-order chi connectivity index (χ1) is 9.88. The molecule has 0 unspecified atom stereocenters. The highest BCUT2D eigenvalue weighted by molar-refractivity contribution is 5.87. The SMILES string of the molecule is Cc1cc([N+](=O)[O-])ccc1Oc1ccc(C(=O)O)cc1F. The number of benzene rings is 2. The van der Waals surface area contributed by atoms with Gasteiger partial charge >= 0.3 is 5.97 Å². The van der Waals surface area contributed by atoms with Crippen LogP contribution in [0.3, 0.4) is 0 Å². The van der Waals surface area contributed by atoms with Gasteiger partial charge in [-0.15, -0.1) is 0 Å². The van der Waals surface area contributed by atoms with E-state index in [1.165, 1.54) is 30.3 Å². The molecule has 0 spiro atoms. The number of carboxylic acid groups (broad SMARTS) is 1. The molecule has 0 aliphatic carbocycles. The zero-order valence-electron chi connectivity index (χ0n) is 10.9. The summed E-state index contributed by atoms with van der Waals surface area (Å²) in [5, 5.41) is 19.4. The highest BCUT2D eigenvalue weighted by atomic mass is 19.1. The summed E-state index contributed by atoms with van der Waals surface area (Å²) in [6, 6.07) is 7.15. The van der Waals surface area contributed by atoms with Crippen molar-refractivity contribution >= 4 is 11.7 Å². The van der Waals surface area contributed by atoms with Crippen molar-refractivity contribution in [3.8, 4) is 11.5 Å². The highest BCUT2D eigenvalue weighted by Gasteiger charge is 2.13. The van der Waals surface area contributed by atoms with Crippen LogP contribution in [0.25, 0.3) is 0 Å². The van der Waals surface area contributed by atoms with Crippen molar-refractivity contribution in [2.75, 3.05) is 0 Å². The number of nitrogens with zero attached hydrogens (tertiary/aromatic N) is 1. The molecular formula is C14H10FNO5. The fourth-order valence-electron chi connectivity index (χ4n) is 1.70. The molecule has 0 fully saturated rings. The van der Waals surface area contributed by atoms with Gasteiger partial charge in [0, 0.05) is 12.1 Å². The molecule has 2 aromatic carbocycles. The van der Waals surface area contributed by atoms with Crippen LogP contribution in [0.5, 0.6) is 11.5 Å². The minimum Gasteiger partial charge on any atom is -0.478 e. The summed E-state index contributed by atoms with van der Waals surface area (Å²) in [5.41, 5.74) is 0.174. The van der Waals surface area contributed by atoms with Gasteiger partial charge in [-0.1, -0.05) is 0 Å². The lowest BCUT2D eigenvalue weighted by Crippen LogP contribution is -1.98. The number of halogens is 1. The average Bonchev–Trinajstić information content (AvgIpc) is 2.42. The van der Waals surface area contributed by atoms with Crippen LogP contribution in [0, 0.1) is 22.9 Å². The second-order valence-corrected chi connectivity index (χ2v) is 4.26. The van der Waals surface area contributed by atoms with Crippen LogP contribution in [0.2, 0.25) is 0 Å². The standard InChI is InChI=1S/C14H10FNO5/c1-8-6-10(16(19)20)3-5-12(8)21-13-4-2-9(14(17)18)7-11(13)15/h2-7H,1H3,(H,17,18). The van der Waals surface area contributed by atoms with Gasteiger partial charge in [-0.25, -0.2) is 9.18 Å². The normalized spacial score (nSPS) is 10.2. The van der Waals surface area contributed by atoms with Crippen LogP contribution in [0.1, 0.15) is 15.9 Å². The molecule has 0 heterocycles. The van der Waals surface area contributed by atoms with Crippen LogP contribution in [-0.4, -0.2) is 16.0 Å². The van der Waals surface area contributed by atoms with E-state index in [2.05, 4.69) is 0 Å². The fraction of sp³-hybridized carbons (Fsp3) is 0.0714. The number of ether oxygens (including phenoxy) is 1. The van der Waals surface area contributed by atoms with Crippen LogP contribution < -0.4 is 4.74 Å². The molecule has 0 amide bonds. The maximum Gasteiger partial charge on any atom is 0.335 e. The molecule has 0 saturated carbocycles. The molecule has 0 bridgehead atoms. The second kappa shape index (κ2) is 5.58. The Hall–Kier alpha value is -2.96. The number of nitro benzene ring substituents is 1. The zero-order chi connectivity index (χ0) is 15.6. The Kier molecular flexibility index (Phi) is 3.84. The van der Waals surface area contributed by atoms with Gasteiger partial charge in [0.05, 0.1) is 10.5 Å². The number of nitro groups is 1. The van der Waals surface area contributed by atoms with Gasteiger partial charge in [-0.3, -0.25) is 10.1 Å². The molecule has 0 saturated heterocycles. The first-order valence-electron chi connectivity index (χ1n) is 5.84. The molecule has 108 valence electrons. The molecule has 0 aromatic heterocycles. The zero-order valence-corrected chi connectivity index (χ0v) is 10.9. The number of carboxylic acids is 1. The van der Waals surface area contributed by atoms with Crippen molar-refractivity contribution in [1.82, 2.24) is 0 Å². The quantitative estimate of drug-likeness (QED) is 0.687. The molecule has 2 rings (SSSR count). The Morgan fingerprint density at radius 3 is 2.43 bits per heavy atom. The lowest BCUT2D eigenvalue weighted by molar-refractivity contribution is -0.384. The molecule has 2 aromatic rings. The summed E-state index contributed by atoms with van der Waals surface area (Å²) < 4.78 is 19.1. The number of aromatic carboxylic acids is 1. The maximum atomic E-state index is 13.7. The number of hydrogen-bond donors (Lipinski definition) is 1. The molecule has 7 heteroatoms. The predicted octanol–water partition coefficient (Wildman–Crippen LogP) is 3.53. The number of hydrogen-bond acceptors (Lipinski definition) is 4. The summed E-state index contributed by atoms with van der Waals surface area (Å²) in [5.74, 6) is -1.97. The van der Waals surface area contributed by atoms with E-state index in [1.807, 2.05) is 0 Å². The lowest BCUT2D eigenvalue weighted by Gasteiger charge is -2.09. The summed E-state index contributed by atoms with van der Waals surface area (Å²) >= 11 is 0. The molecule has 0 atom stereocenters. The third-order valence-electron chi connectivity index (χ3n) is 2.77. The first-order valence-corrected chi connectivity index (χ1v) is 5.84. The Bertz CT molecular complexity index is 668. The number of aryl methyl sites for hydroxylation is 1. The van der Waals surface area contributed by atoms with Crippen molar-refractivity contribution in [2.45, 2.75) is 6.92 Å². The van der Waals surface area contributed by atoms with E-state index >= 15 is 0 Å². The van der Waals surface area contributed by atoms with Gasteiger partial charge in [0.15, 0.2) is 11.6 Å². The van der Waals surface area contributed by atoms with Gasteiger partial charge in [-0.05, 0) is 36.8 Å². The summed E-state index contributed by atoms with van der Waals surface area (Å²) in [4.78, 5) is 20.8. The molecular weight excluding hydrogens is 281 g/mol. The molecule has 0 aliphatic rings. The van der Waals surface area contributed by atoms with Crippen LogP contribution >= 0.6 is 0 Å². The van der Waals surface area contributed by atoms with E-state index in [1.54, 1.807) is 6.92 Å². The van der Waals surface area contributed by atoms with Gasteiger partial charge < -0.3 is 9.84 Å². The molecule has 6 nitrogen and oxygen atoms in total. The molecule has 0 radical (unpaired) electrons. The van der Waals surface area contributed by atoms with E-state index in [9.17, 15) is 19.3 Å². The monoisotopic (exact) mass is 291 g/mol. The molecule has 0 aliphatic heterocycles. The Balaban J connectivity index is 2.30. The number of rotatable bonds is 4. The summed E-state index contributed by atoms with van der Waals surface area (Å²) in [6.45, 7) is 1.59. The summed E-state index contributed by atoms with van der Waals surface area (Å²) in [6.07, 6.45) is 0. The second-order valence-electron chi connectivity index (χ2n) is 4.26. The maximum absolute atomic E-state index is 13.7. The molecule has 1 N–H and O–H groups in total. The highest BCUT2D eigenvalue weighted by Crippen LogP contribution is 2.30.